The molecular formula is C15H20N4O2S. The first kappa shape index (κ1) is 15.2. The van der Waals surface area contributed by atoms with Gasteiger partial charge in [0.1, 0.15) is 0 Å². The molecule has 3 heterocycles. The number of morpholine rings is 1. The zero-order valence-electron chi connectivity index (χ0n) is 12.6. The predicted molar refractivity (Wildman–Crippen MR) is 86.5 cm³/mol. The van der Waals surface area contributed by atoms with Crippen LogP contribution in [-0.4, -0.2) is 54.8 Å². The van der Waals surface area contributed by atoms with Gasteiger partial charge in [-0.05, 0) is 11.4 Å². The van der Waals surface area contributed by atoms with Crippen molar-refractivity contribution in [3.05, 3.63) is 34.7 Å². The van der Waals surface area contributed by atoms with Crippen molar-refractivity contribution in [2.24, 2.45) is 0 Å². The van der Waals surface area contributed by atoms with Gasteiger partial charge < -0.3 is 14.8 Å². The van der Waals surface area contributed by atoms with E-state index in [9.17, 15) is 0 Å². The number of hydrogen-bond acceptors (Lipinski definition) is 7. The van der Waals surface area contributed by atoms with Crippen molar-refractivity contribution in [1.29, 1.82) is 0 Å². The second-order valence-corrected chi connectivity index (χ2v) is 5.96. The second kappa shape index (κ2) is 7.53. The van der Waals surface area contributed by atoms with Gasteiger partial charge >= 0.3 is 0 Å². The van der Waals surface area contributed by atoms with Crippen LogP contribution in [0.4, 0.5) is 5.95 Å². The van der Waals surface area contributed by atoms with Crippen molar-refractivity contribution in [2.75, 3.05) is 45.3 Å². The molecule has 1 fully saturated rings. The third-order valence-corrected chi connectivity index (χ3v) is 4.62. The van der Waals surface area contributed by atoms with Crippen molar-refractivity contribution in [3.8, 4) is 5.88 Å². The number of nitrogens with one attached hydrogen (secondary N) is 1. The van der Waals surface area contributed by atoms with Crippen LogP contribution >= 0.6 is 11.3 Å². The van der Waals surface area contributed by atoms with Gasteiger partial charge in [0.15, 0.2) is 0 Å². The lowest BCUT2D eigenvalue weighted by Crippen LogP contribution is -2.41. The molecule has 0 radical (unpaired) electrons. The van der Waals surface area contributed by atoms with Gasteiger partial charge in [-0.2, -0.15) is 4.98 Å². The molecule has 6 nitrogen and oxygen atoms in total. The summed E-state index contributed by atoms with van der Waals surface area (Å²) in [7, 11) is 1.61. The zero-order valence-corrected chi connectivity index (χ0v) is 13.4. The number of rotatable bonds is 6. The van der Waals surface area contributed by atoms with E-state index in [0.717, 1.165) is 32.8 Å². The van der Waals surface area contributed by atoms with Crippen LogP contribution in [0.2, 0.25) is 0 Å². The van der Waals surface area contributed by atoms with Gasteiger partial charge in [0.2, 0.25) is 11.8 Å². The van der Waals surface area contributed by atoms with E-state index in [1.165, 1.54) is 4.88 Å². The Morgan fingerprint density at radius 2 is 2.27 bits per heavy atom. The highest BCUT2D eigenvalue weighted by atomic mass is 32.1. The fraction of sp³-hybridized carbons (Fsp3) is 0.467. The number of nitrogens with zero attached hydrogens (tertiary/aromatic N) is 3. The summed E-state index contributed by atoms with van der Waals surface area (Å²) in [5, 5.41) is 5.44. The first-order valence-electron chi connectivity index (χ1n) is 7.33. The number of hydrogen-bond donors (Lipinski definition) is 1. The summed E-state index contributed by atoms with van der Waals surface area (Å²) in [6.45, 7) is 4.23. The van der Waals surface area contributed by atoms with E-state index in [2.05, 4.69) is 37.7 Å². The van der Waals surface area contributed by atoms with Crippen molar-refractivity contribution < 1.29 is 9.47 Å². The number of methoxy groups -OCH3 is 1. The summed E-state index contributed by atoms with van der Waals surface area (Å²) in [5.41, 5.74) is 0. The number of thiophene rings is 1. The normalized spacial score (nSPS) is 17.1. The van der Waals surface area contributed by atoms with Crippen LogP contribution in [0.1, 0.15) is 10.9 Å². The Hall–Kier alpha value is -1.70. The molecule has 0 aromatic carbocycles. The van der Waals surface area contributed by atoms with E-state index in [-0.39, 0.29) is 0 Å². The van der Waals surface area contributed by atoms with Crippen molar-refractivity contribution in [2.45, 2.75) is 6.04 Å². The minimum atomic E-state index is 0.304. The smallest absolute Gasteiger partial charge is 0.226 e. The second-order valence-electron chi connectivity index (χ2n) is 4.98. The Balaban J connectivity index is 1.69. The van der Waals surface area contributed by atoms with Gasteiger partial charge in [-0.1, -0.05) is 6.07 Å². The van der Waals surface area contributed by atoms with Gasteiger partial charge in [0, 0.05) is 36.8 Å². The average molecular weight is 320 g/mol. The molecule has 0 bridgehead atoms. The molecule has 0 saturated carbocycles. The molecule has 1 atom stereocenters. The molecule has 22 heavy (non-hydrogen) atoms. The van der Waals surface area contributed by atoms with Crippen LogP contribution < -0.4 is 10.1 Å². The molecule has 0 amide bonds. The largest absolute Gasteiger partial charge is 0.481 e. The molecule has 0 spiro atoms. The number of ether oxygens (including phenoxy) is 2. The Labute approximate surface area is 134 Å². The minimum absolute atomic E-state index is 0.304. The van der Waals surface area contributed by atoms with E-state index in [1.807, 2.05) is 0 Å². The maximum atomic E-state index is 5.46. The van der Waals surface area contributed by atoms with Gasteiger partial charge in [-0.3, -0.25) is 4.90 Å². The predicted octanol–water partition coefficient (Wildman–Crippen LogP) is 2.03. The van der Waals surface area contributed by atoms with Gasteiger partial charge in [0.05, 0.1) is 26.4 Å². The first-order valence-corrected chi connectivity index (χ1v) is 8.21. The fourth-order valence-corrected chi connectivity index (χ4v) is 3.37. The first-order chi connectivity index (χ1) is 10.9. The monoisotopic (exact) mass is 320 g/mol. The third kappa shape index (κ3) is 3.73. The van der Waals surface area contributed by atoms with Crippen LogP contribution in [-0.2, 0) is 4.74 Å². The minimum Gasteiger partial charge on any atom is -0.481 e. The van der Waals surface area contributed by atoms with Crippen LogP contribution in [0, 0.1) is 0 Å². The van der Waals surface area contributed by atoms with Gasteiger partial charge in [-0.25, -0.2) is 4.98 Å². The molecule has 3 rings (SSSR count). The Kier molecular flexibility index (Phi) is 5.20. The topological polar surface area (TPSA) is 59.5 Å². The molecule has 1 saturated heterocycles. The van der Waals surface area contributed by atoms with Crippen molar-refractivity contribution in [3.63, 3.8) is 0 Å². The van der Waals surface area contributed by atoms with E-state index >= 15 is 0 Å². The molecule has 7 heteroatoms. The summed E-state index contributed by atoms with van der Waals surface area (Å²) in [5.74, 6) is 1.16. The molecule has 2 aromatic heterocycles. The Morgan fingerprint density at radius 1 is 1.41 bits per heavy atom. The average Bonchev–Trinajstić information content (AvgIpc) is 3.10. The highest BCUT2D eigenvalue weighted by Gasteiger charge is 2.23. The van der Waals surface area contributed by atoms with Crippen molar-refractivity contribution in [1.82, 2.24) is 14.9 Å². The molecular weight excluding hydrogens is 300 g/mol. The standard InChI is InChI=1S/C15H20N4O2S/c1-20-14-4-5-16-15(18-14)17-11-12(13-3-2-10-22-13)19-6-8-21-9-7-19/h2-5,10,12H,6-9,11H2,1H3,(H,16,17,18). The summed E-state index contributed by atoms with van der Waals surface area (Å²) in [4.78, 5) is 12.3. The third-order valence-electron chi connectivity index (χ3n) is 3.65. The molecule has 2 aromatic rings. The SMILES string of the molecule is COc1ccnc(NCC(c2cccs2)N2CCOCC2)n1. The summed E-state index contributed by atoms with van der Waals surface area (Å²) in [6, 6.07) is 6.32. The van der Waals surface area contributed by atoms with Gasteiger partial charge in [-0.15, -0.1) is 11.3 Å². The maximum absolute atomic E-state index is 5.46. The molecule has 1 unspecified atom stereocenters. The molecule has 1 aliphatic rings. The summed E-state index contributed by atoms with van der Waals surface area (Å²) >= 11 is 1.78. The Morgan fingerprint density at radius 3 is 3.00 bits per heavy atom. The molecule has 1 aliphatic heterocycles. The number of aromatic nitrogens is 2. The van der Waals surface area contributed by atoms with E-state index < -0.39 is 0 Å². The molecule has 1 N–H and O–H groups in total. The van der Waals surface area contributed by atoms with Crippen LogP contribution in [0.5, 0.6) is 5.88 Å². The quantitative estimate of drug-likeness (QED) is 0.879. The lowest BCUT2D eigenvalue weighted by atomic mass is 10.2. The highest BCUT2D eigenvalue weighted by Crippen LogP contribution is 2.26. The Bertz CT molecular complexity index is 573. The highest BCUT2D eigenvalue weighted by molar-refractivity contribution is 7.10. The molecule has 0 aliphatic carbocycles. The van der Waals surface area contributed by atoms with Gasteiger partial charge in [0.25, 0.3) is 0 Å². The zero-order chi connectivity index (χ0) is 15.2. The fourth-order valence-electron chi connectivity index (χ4n) is 2.51. The van der Waals surface area contributed by atoms with E-state index in [4.69, 9.17) is 9.47 Å². The van der Waals surface area contributed by atoms with Crippen molar-refractivity contribution >= 4 is 17.3 Å². The van der Waals surface area contributed by atoms with E-state index in [0.29, 0.717) is 17.9 Å². The molecule has 118 valence electrons. The lowest BCUT2D eigenvalue weighted by molar-refractivity contribution is 0.0193. The summed E-state index contributed by atoms with van der Waals surface area (Å²) < 4.78 is 10.6. The lowest BCUT2D eigenvalue weighted by Gasteiger charge is -2.34. The number of anilines is 1. The van der Waals surface area contributed by atoms with Crippen LogP contribution in [0.3, 0.4) is 0 Å². The van der Waals surface area contributed by atoms with Crippen LogP contribution in [0.15, 0.2) is 29.8 Å². The summed E-state index contributed by atoms with van der Waals surface area (Å²) in [6.07, 6.45) is 1.70. The van der Waals surface area contributed by atoms with Crippen LogP contribution in [0.25, 0.3) is 0 Å². The van der Waals surface area contributed by atoms with E-state index in [1.54, 1.807) is 30.7 Å². The maximum Gasteiger partial charge on any atom is 0.226 e.